The van der Waals surface area contributed by atoms with Crippen molar-refractivity contribution in [2.24, 2.45) is 0 Å². The van der Waals surface area contributed by atoms with Crippen LogP contribution in [0.1, 0.15) is 55.2 Å². The van der Waals surface area contributed by atoms with E-state index < -0.39 is 23.5 Å². The Morgan fingerprint density at radius 2 is 1.84 bits per heavy atom. The number of fused-ring (bicyclic) bond motifs is 3. The lowest BCUT2D eigenvalue weighted by molar-refractivity contribution is -0.137. The Kier molecular flexibility index (Phi) is 6.15. The van der Waals surface area contributed by atoms with Gasteiger partial charge in [0.2, 0.25) is 5.91 Å². The van der Waals surface area contributed by atoms with Gasteiger partial charge in [-0.25, -0.2) is 19.3 Å². The summed E-state index contributed by atoms with van der Waals surface area (Å²) in [5, 5.41) is 3.68. The number of nitrogen functional groups attached to an aromatic ring is 1. The highest BCUT2D eigenvalue weighted by molar-refractivity contribution is 5.90. The van der Waals surface area contributed by atoms with Crippen molar-refractivity contribution in [3.05, 3.63) is 59.2 Å². The number of amides is 1. The number of piperidine rings is 1. The minimum atomic E-state index is -4.54. The molecule has 5 rings (SSSR count). The Morgan fingerprint density at radius 3 is 2.50 bits per heavy atom. The molecule has 1 aliphatic heterocycles. The third-order valence-electron chi connectivity index (χ3n) is 7.08. The summed E-state index contributed by atoms with van der Waals surface area (Å²) in [7, 11) is 0. The topological polar surface area (TPSA) is 101 Å². The number of aromatic nitrogens is 4. The van der Waals surface area contributed by atoms with Crippen molar-refractivity contribution < 1.29 is 22.4 Å². The lowest BCUT2D eigenvalue weighted by Crippen LogP contribution is -2.42. The minimum Gasteiger partial charge on any atom is -0.399 e. The van der Waals surface area contributed by atoms with Crippen molar-refractivity contribution in [3.8, 4) is 0 Å². The van der Waals surface area contributed by atoms with E-state index >= 15 is 4.39 Å². The number of pyridine rings is 1. The largest absolute Gasteiger partial charge is 0.416 e. The summed E-state index contributed by atoms with van der Waals surface area (Å²) in [6.07, 6.45) is -1.09. The molecule has 0 aliphatic carbocycles. The summed E-state index contributed by atoms with van der Waals surface area (Å²) < 4.78 is 58.3. The molecule has 4 heterocycles. The number of imidazole rings is 1. The van der Waals surface area contributed by atoms with Crippen LogP contribution in [0.3, 0.4) is 0 Å². The molecule has 1 aliphatic rings. The zero-order valence-corrected chi connectivity index (χ0v) is 21.1. The normalized spacial score (nSPS) is 16.7. The van der Waals surface area contributed by atoms with Crippen LogP contribution in [0, 0.1) is 6.92 Å². The number of carbonyl (C=O) groups excluding carboxylic acids is 1. The lowest BCUT2D eigenvalue weighted by atomic mass is 9.86. The van der Waals surface area contributed by atoms with Crippen molar-refractivity contribution in [2.75, 3.05) is 24.1 Å². The molecule has 1 amide bonds. The van der Waals surface area contributed by atoms with Gasteiger partial charge in [0.05, 0.1) is 17.0 Å². The maximum Gasteiger partial charge on any atom is 0.416 e. The minimum absolute atomic E-state index is 0.00844. The molecular weight excluding hydrogens is 502 g/mol. The molecule has 1 fully saturated rings. The molecule has 4 aromatic rings. The Morgan fingerprint density at radius 1 is 1.13 bits per heavy atom. The summed E-state index contributed by atoms with van der Waals surface area (Å²) in [4.78, 5) is 26.8. The van der Waals surface area contributed by atoms with Gasteiger partial charge in [-0.3, -0.25) is 9.20 Å². The first-order valence-corrected chi connectivity index (χ1v) is 12.2. The van der Waals surface area contributed by atoms with E-state index in [1.165, 1.54) is 13.0 Å². The summed E-state index contributed by atoms with van der Waals surface area (Å²) in [5.74, 6) is 0.664. The first-order valence-electron chi connectivity index (χ1n) is 12.2. The number of hydrogen-bond acceptors (Lipinski definition) is 6. The summed E-state index contributed by atoms with van der Waals surface area (Å²) >= 11 is 0. The van der Waals surface area contributed by atoms with E-state index in [1.54, 1.807) is 41.6 Å². The summed E-state index contributed by atoms with van der Waals surface area (Å²) in [5.41, 5.74) is 4.75. The third-order valence-corrected chi connectivity index (χ3v) is 7.08. The molecule has 0 spiro atoms. The predicted molar refractivity (Wildman–Crippen MR) is 135 cm³/mol. The average molecular weight is 530 g/mol. The number of benzene rings is 1. The number of nitrogens with zero attached hydrogens (tertiary/aromatic N) is 5. The van der Waals surface area contributed by atoms with E-state index in [0.29, 0.717) is 39.4 Å². The van der Waals surface area contributed by atoms with Crippen LogP contribution in [-0.4, -0.2) is 43.2 Å². The van der Waals surface area contributed by atoms with Crippen LogP contribution in [-0.2, 0) is 16.6 Å². The Hall–Kier alpha value is -3.96. The third kappa shape index (κ3) is 4.59. The molecule has 1 aromatic carbocycles. The number of likely N-dealkylation sites (tertiary alicyclic amines) is 1. The molecule has 0 saturated carbocycles. The maximum absolute atomic E-state index is 16.4. The Balaban J connectivity index is 1.60. The van der Waals surface area contributed by atoms with Crippen LogP contribution in [0.15, 0.2) is 36.7 Å². The Bertz CT molecular complexity index is 1540. The SMILES string of the molecule is CC(=O)N1CCC(F)(c2cc3c(N[C@H](C)c4cc(N)cc(C(F)(F)F)c4)nc(C)nc3n3ccnc23)CC1. The zero-order chi connectivity index (χ0) is 27.4. The summed E-state index contributed by atoms with van der Waals surface area (Å²) in [6, 6.07) is 4.46. The fourth-order valence-corrected chi connectivity index (χ4v) is 5.03. The van der Waals surface area contributed by atoms with Crippen LogP contribution >= 0.6 is 0 Å². The van der Waals surface area contributed by atoms with Gasteiger partial charge in [-0.1, -0.05) is 0 Å². The van der Waals surface area contributed by atoms with Gasteiger partial charge in [0.25, 0.3) is 0 Å². The zero-order valence-electron chi connectivity index (χ0n) is 21.1. The number of nitrogens with one attached hydrogen (secondary N) is 1. The Labute approximate surface area is 215 Å². The number of nitrogens with two attached hydrogens (primary N) is 1. The van der Waals surface area contributed by atoms with Gasteiger partial charge < -0.3 is 16.0 Å². The number of alkyl halides is 4. The van der Waals surface area contributed by atoms with E-state index in [4.69, 9.17) is 5.73 Å². The second kappa shape index (κ2) is 9.10. The number of rotatable bonds is 4. The molecule has 1 atom stereocenters. The van der Waals surface area contributed by atoms with Gasteiger partial charge >= 0.3 is 6.18 Å². The van der Waals surface area contributed by atoms with Gasteiger partial charge in [0.1, 0.15) is 23.0 Å². The van der Waals surface area contributed by atoms with Gasteiger partial charge in [0, 0.05) is 56.5 Å². The van der Waals surface area contributed by atoms with E-state index in [-0.39, 0.29) is 37.5 Å². The molecule has 3 N–H and O–H groups in total. The van der Waals surface area contributed by atoms with E-state index in [1.807, 2.05) is 0 Å². The van der Waals surface area contributed by atoms with Gasteiger partial charge in [-0.2, -0.15) is 13.2 Å². The van der Waals surface area contributed by atoms with Gasteiger partial charge in [-0.15, -0.1) is 0 Å². The monoisotopic (exact) mass is 529 g/mol. The lowest BCUT2D eigenvalue weighted by Gasteiger charge is -2.36. The number of carbonyl (C=O) groups is 1. The molecular formula is C26H27F4N7O. The molecule has 0 unspecified atom stereocenters. The quantitative estimate of drug-likeness (QED) is 0.280. The predicted octanol–water partition coefficient (Wildman–Crippen LogP) is 5.17. The molecule has 0 radical (unpaired) electrons. The van der Waals surface area contributed by atoms with Crippen molar-refractivity contribution in [1.29, 1.82) is 0 Å². The number of aryl methyl sites for hydroxylation is 1. The number of halogens is 4. The van der Waals surface area contributed by atoms with Gasteiger partial charge in [0.15, 0.2) is 5.65 Å². The smallest absolute Gasteiger partial charge is 0.399 e. The van der Waals surface area contributed by atoms with E-state index in [0.717, 1.165) is 12.1 Å². The maximum atomic E-state index is 16.4. The highest BCUT2D eigenvalue weighted by atomic mass is 19.4. The highest BCUT2D eigenvalue weighted by Crippen LogP contribution is 2.41. The first kappa shape index (κ1) is 25.7. The second-order valence-electron chi connectivity index (χ2n) is 9.76. The summed E-state index contributed by atoms with van der Waals surface area (Å²) in [6.45, 7) is 5.41. The molecule has 1 saturated heterocycles. The van der Waals surface area contributed by atoms with Crippen LogP contribution in [0.5, 0.6) is 0 Å². The molecule has 8 nitrogen and oxygen atoms in total. The first-order chi connectivity index (χ1) is 17.9. The number of hydrogen-bond donors (Lipinski definition) is 2. The van der Waals surface area contributed by atoms with Crippen molar-refractivity contribution in [2.45, 2.75) is 51.5 Å². The van der Waals surface area contributed by atoms with Gasteiger partial charge in [-0.05, 0) is 43.7 Å². The van der Waals surface area contributed by atoms with Crippen molar-refractivity contribution in [1.82, 2.24) is 24.3 Å². The molecule has 12 heteroatoms. The highest BCUT2D eigenvalue weighted by Gasteiger charge is 2.39. The van der Waals surface area contributed by atoms with E-state index in [9.17, 15) is 18.0 Å². The van der Waals surface area contributed by atoms with Crippen molar-refractivity contribution >= 4 is 34.1 Å². The molecule has 200 valence electrons. The van der Waals surface area contributed by atoms with Crippen LogP contribution in [0.4, 0.5) is 29.1 Å². The molecule has 3 aromatic heterocycles. The van der Waals surface area contributed by atoms with Crippen LogP contribution in [0.25, 0.3) is 16.7 Å². The second-order valence-corrected chi connectivity index (χ2v) is 9.76. The van der Waals surface area contributed by atoms with Crippen molar-refractivity contribution in [3.63, 3.8) is 0 Å². The molecule has 38 heavy (non-hydrogen) atoms. The van der Waals surface area contributed by atoms with E-state index in [2.05, 4.69) is 20.3 Å². The van der Waals surface area contributed by atoms with Crippen LogP contribution < -0.4 is 11.1 Å². The fraction of sp³-hybridized carbons (Fsp3) is 0.385. The van der Waals surface area contributed by atoms with Crippen LogP contribution in [0.2, 0.25) is 0 Å². The number of anilines is 2. The standard InChI is InChI=1S/C26H27F4N7O/c1-14(17-10-18(26(28,29)30)12-19(31)11-17)33-22-20-13-21(25(27)4-7-36(8-5-25)16(3)38)24-32-6-9-37(24)23(20)35-15(2)34-22/h6,9-14H,4-5,7-8,31H2,1-3H3,(H,33,34,35)/t14-/m1/s1. The molecule has 0 bridgehead atoms. The fourth-order valence-electron chi connectivity index (χ4n) is 5.03. The average Bonchev–Trinajstić information content (AvgIpc) is 3.33.